The van der Waals surface area contributed by atoms with Gasteiger partial charge in [0.15, 0.2) is 11.5 Å². The highest BCUT2D eigenvalue weighted by atomic mass is 79.9. The van der Waals surface area contributed by atoms with Crippen molar-refractivity contribution in [1.82, 2.24) is 0 Å². The molecule has 0 fully saturated rings. The molecule has 2 aromatic rings. The van der Waals surface area contributed by atoms with Crippen LogP contribution in [0.25, 0.3) is 6.08 Å². The Balaban J connectivity index is 2.16. The van der Waals surface area contributed by atoms with Crippen molar-refractivity contribution in [2.24, 2.45) is 0 Å². The van der Waals surface area contributed by atoms with Gasteiger partial charge in [0, 0.05) is 0 Å². The van der Waals surface area contributed by atoms with Crippen molar-refractivity contribution >= 4 is 28.0 Å². The number of benzene rings is 2. The number of hydrogen-bond donors (Lipinski definition) is 1. The van der Waals surface area contributed by atoms with Crippen LogP contribution in [-0.2, 0) is 11.4 Å². The van der Waals surface area contributed by atoms with Crippen LogP contribution in [0.5, 0.6) is 11.5 Å². The van der Waals surface area contributed by atoms with Crippen LogP contribution < -0.4 is 9.47 Å². The summed E-state index contributed by atoms with van der Waals surface area (Å²) in [6, 6.07) is 15.1. The van der Waals surface area contributed by atoms with Gasteiger partial charge in [0.1, 0.15) is 11.1 Å². The fourth-order valence-corrected chi connectivity index (χ4v) is 2.10. The van der Waals surface area contributed by atoms with Gasteiger partial charge in [-0.1, -0.05) is 36.4 Å². The monoisotopic (exact) mass is 362 g/mol. The first-order valence-electron chi connectivity index (χ1n) is 6.55. The van der Waals surface area contributed by atoms with Crippen molar-refractivity contribution < 1.29 is 19.4 Å². The second-order valence-electron chi connectivity index (χ2n) is 4.48. The van der Waals surface area contributed by atoms with Gasteiger partial charge in [-0.3, -0.25) is 0 Å². The Morgan fingerprint density at radius 2 is 1.91 bits per heavy atom. The SMILES string of the molecule is COc1cc(/C=C(/Br)C(=O)O)ccc1OCc1ccccc1. The van der Waals surface area contributed by atoms with Crippen molar-refractivity contribution in [3.05, 3.63) is 64.1 Å². The zero-order valence-corrected chi connectivity index (χ0v) is 13.5. The molecule has 0 aliphatic heterocycles. The van der Waals surface area contributed by atoms with Crippen LogP contribution in [0.4, 0.5) is 0 Å². The van der Waals surface area contributed by atoms with Gasteiger partial charge in [0.2, 0.25) is 0 Å². The Hall–Kier alpha value is -2.27. The lowest BCUT2D eigenvalue weighted by atomic mass is 10.2. The van der Waals surface area contributed by atoms with E-state index in [2.05, 4.69) is 15.9 Å². The molecule has 0 heterocycles. The quantitative estimate of drug-likeness (QED) is 0.786. The van der Waals surface area contributed by atoms with Crippen LogP contribution in [-0.4, -0.2) is 18.2 Å². The summed E-state index contributed by atoms with van der Waals surface area (Å²) in [7, 11) is 1.55. The molecular weight excluding hydrogens is 348 g/mol. The Kier molecular flexibility index (Phi) is 5.61. The Labute approximate surface area is 137 Å². The number of hydrogen-bond acceptors (Lipinski definition) is 3. The van der Waals surface area contributed by atoms with E-state index in [1.807, 2.05) is 30.3 Å². The Morgan fingerprint density at radius 3 is 2.55 bits per heavy atom. The summed E-state index contributed by atoms with van der Waals surface area (Å²) in [6.07, 6.45) is 1.51. The fourth-order valence-electron chi connectivity index (χ4n) is 1.84. The summed E-state index contributed by atoms with van der Waals surface area (Å²) in [6.45, 7) is 0.436. The van der Waals surface area contributed by atoms with Crippen molar-refractivity contribution in [1.29, 1.82) is 0 Å². The van der Waals surface area contributed by atoms with Gasteiger partial charge >= 0.3 is 5.97 Å². The summed E-state index contributed by atoms with van der Waals surface area (Å²) in [5.41, 5.74) is 1.76. The third kappa shape index (κ3) is 4.36. The van der Waals surface area contributed by atoms with Crippen LogP contribution in [0.3, 0.4) is 0 Å². The van der Waals surface area contributed by atoms with Crippen molar-refractivity contribution in [3.8, 4) is 11.5 Å². The molecule has 4 nitrogen and oxygen atoms in total. The zero-order valence-electron chi connectivity index (χ0n) is 12.0. The minimum atomic E-state index is -1.02. The molecule has 0 saturated carbocycles. The molecule has 0 aliphatic carbocycles. The van der Waals surface area contributed by atoms with Crippen molar-refractivity contribution in [2.75, 3.05) is 7.11 Å². The number of aliphatic carboxylic acids is 1. The molecule has 114 valence electrons. The van der Waals surface area contributed by atoms with E-state index in [1.165, 1.54) is 6.08 Å². The molecule has 0 aliphatic rings. The average molecular weight is 363 g/mol. The lowest BCUT2D eigenvalue weighted by molar-refractivity contribution is -0.131. The van der Waals surface area contributed by atoms with Gasteiger partial charge in [-0.05, 0) is 45.3 Å². The van der Waals surface area contributed by atoms with E-state index in [1.54, 1.807) is 25.3 Å². The van der Waals surface area contributed by atoms with Crippen LogP contribution in [0.2, 0.25) is 0 Å². The lowest BCUT2D eigenvalue weighted by Crippen LogP contribution is -1.98. The highest BCUT2D eigenvalue weighted by Crippen LogP contribution is 2.30. The van der Waals surface area contributed by atoms with Gasteiger partial charge in [0.25, 0.3) is 0 Å². The third-order valence-electron chi connectivity index (χ3n) is 2.92. The molecular formula is C17H15BrO4. The molecule has 0 atom stereocenters. The highest BCUT2D eigenvalue weighted by molar-refractivity contribution is 9.12. The average Bonchev–Trinajstić information content (AvgIpc) is 2.54. The highest BCUT2D eigenvalue weighted by Gasteiger charge is 2.07. The van der Waals surface area contributed by atoms with E-state index in [-0.39, 0.29) is 4.48 Å². The molecule has 22 heavy (non-hydrogen) atoms. The second-order valence-corrected chi connectivity index (χ2v) is 5.34. The third-order valence-corrected chi connectivity index (χ3v) is 3.49. The number of rotatable bonds is 6. The summed E-state index contributed by atoms with van der Waals surface area (Å²) in [5.74, 6) is 0.133. The standard InChI is InChI=1S/C17H15BrO4/c1-21-16-10-13(9-14(18)17(19)20)7-8-15(16)22-11-12-5-3-2-4-6-12/h2-10H,11H2,1H3,(H,19,20)/b14-9+. The Morgan fingerprint density at radius 1 is 1.18 bits per heavy atom. The lowest BCUT2D eigenvalue weighted by Gasteiger charge is -2.11. The molecule has 0 saturated heterocycles. The van der Waals surface area contributed by atoms with E-state index in [0.717, 1.165) is 5.56 Å². The number of ether oxygens (including phenoxy) is 2. The predicted octanol–water partition coefficient (Wildman–Crippen LogP) is 4.09. The summed E-state index contributed by atoms with van der Waals surface area (Å²) in [5, 5.41) is 8.86. The summed E-state index contributed by atoms with van der Waals surface area (Å²) >= 11 is 2.99. The number of halogens is 1. The van der Waals surface area contributed by atoms with Crippen molar-refractivity contribution in [2.45, 2.75) is 6.61 Å². The summed E-state index contributed by atoms with van der Waals surface area (Å²) < 4.78 is 11.1. The normalized spacial score (nSPS) is 11.1. The topological polar surface area (TPSA) is 55.8 Å². The first kappa shape index (κ1) is 16.1. The molecule has 0 radical (unpaired) electrons. The molecule has 0 bridgehead atoms. The van der Waals surface area contributed by atoms with Gasteiger partial charge in [-0.2, -0.15) is 0 Å². The maximum Gasteiger partial charge on any atom is 0.342 e. The van der Waals surface area contributed by atoms with Gasteiger partial charge < -0.3 is 14.6 Å². The van der Waals surface area contributed by atoms with E-state index >= 15 is 0 Å². The second kappa shape index (κ2) is 7.66. The van der Waals surface area contributed by atoms with Gasteiger partial charge in [-0.25, -0.2) is 4.79 Å². The number of carboxylic acids is 1. The van der Waals surface area contributed by atoms with Crippen LogP contribution in [0.1, 0.15) is 11.1 Å². The molecule has 5 heteroatoms. The maximum atomic E-state index is 10.8. The minimum absolute atomic E-state index is 0.0764. The minimum Gasteiger partial charge on any atom is -0.493 e. The molecule has 2 rings (SSSR count). The molecule has 0 spiro atoms. The largest absolute Gasteiger partial charge is 0.493 e. The predicted molar refractivity (Wildman–Crippen MR) is 88.3 cm³/mol. The molecule has 0 aromatic heterocycles. The number of carboxylic acid groups (broad SMARTS) is 1. The Bertz CT molecular complexity index is 680. The van der Waals surface area contributed by atoms with Crippen LogP contribution in [0, 0.1) is 0 Å². The first-order valence-corrected chi connectivity index (χ1v) is 7.34. The van der Waals surface area contributed by atoms with Gasteiger partial charge in [-0.15, -0.1) is 0 Å². The molecule has 2 aromatic carbocycles. The number of carbonyl (C=O) groups is 1. The fraction of sp³-hybridized carbons (Fsp3) is 0.118. The van der Waals surface area contributed by atoms with E-state index in [0.29, 0.717) is 23.7 Å². The molecule has 1 N–H and O–H groups in total. The van der Waals surface area contributed by atoms with E-state index < -0.39 is 5.97 Å². The van der Waals surface area contributed by atoms with E-state index in [4.69, 9.17) is 14.6 Å². The van der Waals surface area contributed by atoms with Crippen LogP contribution >= 0.6 is 15.9 Å². The maximum absolute atomic E-state index is 10.8. The summed E-state index contributed by atoms with van der Waals surface area (Å²) in [4.78, 5) is 10.8. The van der Waals surface area contributed by atoms with E-state index in [9.17, 15) is 4.79 Å². The first-order chi connectivity index (χ1) is 10.6. The zero-order chi connectivity index (χ0) is 15.9. The van der Waals surface area contributed by atoms with Gasteiger partial charge in [0.05, 0.1) is 7.11 Å². The molecule has 0 amide bonds. The smallest absolute Gasteiger partial charge is 0.342 e. The number of methoxy groups -OCH3 is 1. The van der Waals surface area contributed by atoms with Crippen molar-refractivity contribution in [3.63, 3.8) is 0 Å². The van der Waals surface area contributed by atoms with Crippen LogP contribution in [0.15, 0.2) is 53.0 Å². The molecule has 0 unspecified atom stereocenters.